The number of rotatable bonds is 5. The average molecular weight is 475 g/mol. The van der Waals surface area contributed by atoms with Crippen LogP contribution in [0, 0.1) is 0 Å². The molecule has 0 unspecified atom stereocenters. The zero-order chi connectivity index (χ0) is 23.5. The smallest absolute Gasteiger partial charge is 0.257 e. The zero-order valence-electron chi connectivity index (χ0n) is 18.4. The van der Waals surface area contributed by atoms with Crippen molar-refractivity contribution in [3.63, 3.8) is 0 Å². The first-order valence-electron chi connectivity index (χ1n) is 11.1. The third-order valence-corrected chi connectivity index (χ3v) is 6.23. The molecule has 1 fully saturated rings. The number of halogens is 1. The number of carbonyl (C=O) groups excluding carboxylic acids is 2. The van der Waals surface area contributed by atoms with Crippen LogP contribution in [0.1, 0.15) is 33.6 Å². The van der Waals surface area contributed by atoms with Crippen LogP contribution in [0.5, 0.6) is 0 Å². The second-order valence-electron chi connectivity index (χ2n) is 8.23. The van der Waals surface area contributed by atoms with Gasteiger partial charge in [-0.05, 0) is 43.2 Å². The van der Waals surface area contributed by atoms with Crippen molar-refractivity contribution >= 4 is 23.4 Å². The largest absolute Gasteiger partial charge is 0.472 e. The Hall–Kier alpha value is -3.84. The molecule has 5 rings (SSSR count). The molecule has 1 N–H and O–H groups in total. The molecule has 0 radical (unpaired) electrons. The highest BCUT2D eigenvalue weighted by Crippen LogP contribution is 2.26. The highest BCUT2D eigenvalue weighted by molar-refractivity contribution is 6.30. The number of nitrogens with one attached hydrogen (secondary N) is 1. The second kappa shape index (κ2) is 9.57. The molecule has 8 heteroatoms. The normalized spacial score (nSPS) is 14.2. The van der Waals surface area contributed by atoms with Crippen LogP contribution >= 0.6 is 11.6 Å². The topological polar surface area (TPSA) is 80.4 Å². The van der Waals surface area contributed by atoms with Crippen LogP contribution in [0.3, 0.4) is 0 Å². The van der Waals surface area contributed by atoms with Gasteiger partial charge in [-0.2, -0.15) is 5.10 Å². The third-order valence-electron chi connectivity index (χ3n) is 5.98. The molecule has 1 saturated heterocycles. The van der Waals surface area contributed by atoms with Crippen LogP contribution in [-0.4, -0.2) is 45.6 Å². The van der Waals surface area contributed by atoms with E-state index >= 15 is 0 Å². The van der Waals surface area contributed by atoms with Gasteiger partial charge in [0.05, 0.1) is 23.1 Å². The van der Waals surface area contributed by atoms with E-state index < -0.39 is 0 Å². The fourth-order valence-corrected chi connectivity index (χ4v) is 4.26. The lowest BCUT2D eigenvalue weighted by Crippen LogP contribution is -2.46. The van der Waals surface area contributed by atoms with Crippen molar-refractivity contribution in [1.29, 1.82) is 0 Å². The van der Waals surface area contributed by atoms with Crippen LogP contribution in [0.2, 0.25) is 5.02 Å². The van der Waals surface area contributed by atoms with Crippen LogP contribution in [0.4, 0.5) is 0 Å². The van der Waals surface area contributed by atoms with E-state index in [4.69, 9.17) is 21.1 Å². The molecular formula is C26H23ClN4O3. The first kappa shape index (κ1) is 22.0. The molecule has 0 aliphatic carbocycles. The van der Waals surface area contributed by atoms with Gasteiger partial charge in [0, 0.05) is 35.9 Å². The summed E-state index contributed by atoms with van der Waals surface area (Å²) in [5, 5.41) is 8.47. The van der Waals surface area contributed by atoms with E-state index in [9.17, 15) is 9.59 Å². The Balaban J connectivity index is 1.33. The maximum absolute atomic E-state index is 13.3. The van der Waals surface area contributed by atoms with Gasteiger partial charge in [0.25, 0.3) is 11.8 Å². The van der Waals surface area contributed by atoms with Gasteiger partial charge in [-0.15, -0.1) is 0 Å². The Morgan fingerprint density at radius 3 is 2.41 bits per heavy atom. The number of amides is 2. The summed E-state index contributed by atoms with van der Waals surface area (Å²) in [5.41, 5.74) is 3.30. The fraction of sp³-hybridized carbons (Fsp3) is 0.192. The number of hydrogen-bond acceptors (Lipinski definition) is 4. The number of likely N-dealkylation sites (tertiary alicyclic amines) is 1. The zero-order valence-corrected chi connectivity index (χ0v) is 19.1. The molecule has 0 saturated carbocycles. The molecule has 34 heavy (non-hydrogen) atoms. The standard InChI is InChI=1S/C26H23ClN4O3/c27-20-8-6-18(7-9-20)24-23(16-31(29-24)22-4-2-1-3-5-22)25(32)28-21-10-13-30(14-11-21)26(33)19-12-15-34-17-19/h1-9,12,15-17,21H,10-11,13-14H2,(H,28,32). The summed E-state index contributed by atoms with van der Waals surface area (Å²) in [6.45, 7) is 1.14. The number of furan rings is 1. The summed E-state index contributed by atoms with van der Waals surface area (Å²) in [6.07, 6.45) is 6.07. The van der Waals surface area contributed by atoms with Crippen LogP contribution in [0.25, 0.3) is 16.9 Å². The number of carbonyl (C=O) groups is 2. The first-order chi connectivity index (χ1) is 16.6. The lowest BCUT2D eigenvalue weighted by atomic mass is 10.0. The maximum Gasteiger partial charge on any atom is 0.257 e. The van der Waals surface area contributed by atoms with E-state index in [1.807, 2.05) is 42.5 Å². The van der Waals surface area contributed by atoms with Crippen molar-refractivity contribution in [1.82, 2.24) is 20.0 Å². The Bertz CT molecular complexity index is 1280. The quantitative estimate of drug-likeness (QED) is 0.449. The molecule has 2 aromatic heterocycles. The minimum atomic E-state index is -0.188. The van der Waals surface area contributed by atoms with Gasteiger partial charge in [-0.3, -0.25) is 9.59 Å². The van der Waals surface area contributed by atoms with Gasteiger partial charge in [0.15, 0.2) is 0 Å². The first-order valence-corrected chi connectivity index (χ1v) is 11.5. The summed E-state index contributed by atoms with van der Waals surface area (Å²) in [6, 6.07) is 18.6. The molecular weight excluding hydrogens is 452 g/mol. The van der Waals surface area contributed by atoms with Gasteiger partial charge < -0.3 is 14.6 Å². The molecule has 1 aliphatic rings. The van der Waals surface area contributed by atoms with E-state index in [0.717, 1.165) is 11.3 Å². The van der Waals surface area contributed by atoms with Crippen molar-refractivity contribution < 1.29 is 14.0 Å². The van der Waals surface area contributed by atoms with E-state index in [0.29, 0.717) is 47.8 Å². The van der Waals surface area contributed by atoms with Gasteiger partial charge >= 0.3 is 0 Å². The number of nitrogens with zero attached hydrogens (tertiary/aromatic N) is 3. The molecule has 0 bridgehead atoms. The molecule has 0 atom stereocenters. The van der Waals surface area contributed by atoms with E-state index in [1.165, 1.54) is 12.5 Å². The van der Waals surface area contributed by atoms with Crippen molar-refractivity contribution in [3.8, 4) is 16.9 Å². The van der Waals surface area contributed by atoms with Gasteiger partial charge in [-0.1, -0.05) is 41.9 Å². The number of piperidine rings is 1. The lowest BCUT2D eigenvalue weighted by Gasteiger charge is -2.32. The van der Waals surface area contributed by atoms with E-state index in [-0.39, 0.29) is 17.9 Å². The summed E-state index contributed by atoms with van der Waals surface area (Å²) in [5.74, 6) is -0.237. The Kier molecular flexibility index (Phi) is 6.18. The molecule has 7 nitrogen and oxygen atoms in total. The van der Waals surface area contributed by atoms with Gasteiger partial charge in [0.1, 0.15) is 12.0 Å². The molecule has 172 valence electrons. The highest BCUT2D eigenvalue weighted by Gasteiger charge is 2.27. The maximum atomic E-state index is 13.3. The minimum Gasteiger partial charge on any atom is -0.472 e. The van der Waals surface area contributed by atoms with E-state index in [1.54, 1.807) is 34.0 Å². The molecule has 1 aliphatic heterocycles. The van der Waals surface area contributed by atoms with Crippen LogP contribution in [0.15, 0.2) is 83.8 Å². The van der Waals surface area contributed by atoms with E-state index in [2.05, 4.69) is 5.32 Å². The van der Waals surface area contributed by atoms with Crippen molar-refractivity contribution in [2.24, 2.45) is 0 Å². The Labute approximate surface area is 201 Å². The number of benzene rings is 2. The van der Waals surface area contributed by atoms with Crippen molar-refractivity contribution in [3.05, 3.63) is 95.5 Å². The molecule has 0 spiro atoms. The molecule has 2 aromatic carbocycles. The second-order valence-corrected chi connectivity index (χ2v) is 8.67. The van der Waals surface area contributed by atoms with Gasteiger partial charge in [0.2, 0.25) is 0 Å². The SMILES string of the molecule is O=C(NC1CCN(C(=O)c2ccoc2)CC1)c1cn(-c2ccccc2)nc1-c1ccc(Cl)cc1. The minimum absolute atomic E-state index is 0.0287. The van der Waals surface area contributed by atoms with Crippen molar-refractivity contribution in [2.75, 3.05) is 13.1 Å². The third kappa shape index (κ3) is 4.61. The van der Waals surface area contributed by atoms with Crippen LogP contribution < -0.4 is 5.32 Å². The monoisotopic (exact) mass is 474 g/mol. The van der Waals surface area contributed by atoms with Gasteiger partial charge in [-0.25, -0.2) is 4.68 Å². The highest BCUT2D eigenvalue weighted by atomic mass is 35.5. The molecule has 3 heterocycles. The number of para-hydroxylation sites is 1. The van der Waals surface area contributed by atoms with Crippen molar-refractivity contribution in [2.45, 2.75) is 18.9 Å². The molecule has 2 amide bonds. The number of aromatic nitrogens is 2. The average Bonchev–Trinajstić information content (AvgIpc) is 3.56. The summed E-state index contributed by atoms with van der Waals surface area (Å²) in [7, 11) is 0. The van der Waals surface area contributed by atoms with Crippen LogP contribution in [-0.2, 0) is 0 Å². The summed E-state index contributed by atoms with van der Waals surface area (Å²) in [4.78, 5) is 27.7. The summed E-state index contributed by atoms with van der Waals surface area (Å²) < 4.78 is 6.73. The predicted octanol–water partition coefficient (Wildman–Crippen LogP) is 4.82. The number of hydrogen-bond donors (Lipinski definition) is 1. The Morgan fingerprint density at radius 1 is 1.00 bits per heavy atom. The predicted molar refractivity (Wildman–Crippen MR) is 129 cm³/mol. The lowest BCUT2D eigenvalue weighted by molar-refractivity contribution is 0.0697. The Morgan fingerprint density at radius 2 is 1.74 bits per heavy atom. The molecule has 4 aromatic rings. The summed E-state index contributed by atoms with van der Waals surface area (Å²) >= 11 is 6.06. The fourth-order valence-electron chi connectivity index (χ4n) is 4.13.